The van der Waals surface area contributed by atoms with E-state index in [4.69, 9.17) is 14.2 Å². The van der Waals surface area contributed by atoms with Crippen molar-refractivity contribution >= 4 is 17.9 Å². The van der Waals surface area contributed by atoms with Crippen molar-refractivity contribution in [1.29, 1.82) is 0 Å². The molecule has 0 amide bonds. The van der Waals surface area contributed by atoms with Gasteiger partial charge < -0.3 is 14.2 Å². The summed E-state index contributed by atoms with van der Waals surface area (Å²) in [6, 6.07) is 0. The van der Waals surface area contributed by atoms with Crippen molar-refractivity contribution in [1.82, 2.24) is 0 Å². The van der Waals surface area contributed by atoms with Gasteiger partial charge in [-0.05, 0) is 96.3 Å². The average Bonchev–Trinajstić information content (AvgIpc) is 3.46. The maximum absolute atomic E-state index is 12.9. The molecule has 0 spiro atoms. The van der Waals surface area contributed by atoms with Gasteiger partial charge in [-0.25, -0.2) is 0 Å². The van der Waals surface area contributed by atoms with Crippen LogP contribution in [0.2, 0.25) is 0 Å². The molecule has 468 valence electrons. The second kappa shape index (κ2) is 69.1. The van der Waals surface area contributed by atoms with E-state index in [0.717, 1.165) is 109 Å². The van der Waals surface area contributed by atoms with Crippen molar-refractivity contribution in [2.24, 2.45) is 0 Å². The molecule has 0 heterocycles. The predicted octanol–water partition coefficient (Wildman–Crippen LogP) is 24.2. The van der Waals surface area contributed by atoms with E-state index in [9.17, 15) is 14.4 Å². The monoisotopic (exact) mass is 1130 g/mol. The van der Waals surface area contributed by atoms with Gasteiger partial charge in [0.25, 0.3) is 0 Å². The highest BCUT2D eigenvalue weighted by Crippen LogP contribution is 2.18. The van der Waals surface area contributed by atoms with Gasteiger partial charge in [-0.3, -0.25) is 14.4 Å². The summed E-state index contributed by atoms with van der Waals surface area (Å²) in [5, 5.41) is 0. The first kappa shape index (κ1) is 77.6. The topological polar surface area (TPSA) is 78.9 Å². The van der Waals surface area contributed by atoms with Gasteiger partial charge in [0.1, 0.15) is 13.2 Å². The number of carbonyl (C=O) groups is 3. The quantitative estimate of drug-likeness (QED) is 0.0261. The van der Waals surface area contributed by atoms with E-state index in [1.165, 1.54) is 205 Å². The van der Waals surface area contributed by atoms with E-state index in [-0.39, 0.29) is 31.1 Å². The first-order valence-electron chi connectivity index (χ1n) is 35.1. The molecular weight excluding hydrogens is 997 g/mol. The van der Waals surface area contributed by atoms with Crippen molar-refractivity contribution in [3.05, 3.63) is 85.1 Å². The summed E-state index contributed by atoms with van der Waals surface area (Å²) in [5.41, 5.74) is 0. The lowest BCUT2D eigenvalue weighted by atomic mass is 10.0. The van der Waals surface area contributed by atoms with Crippen LogP contribution in [0.1, 0.15) is 355 Å². The van der Waals surface area contributed by atoms with Crippen LogP contribution < -0.4 is 0 Å². The minimum absolute atomic E-state index is 0.0765. The molecule has 0 aliphatic rings. The number of unbranched alkanes of at least 4 members (excludes halogenated alkanes) is 39. The van der Waals surface area contributed by atoms with Crippen molar-refractivity contribution in [3.63, 3.8) is 0 Å². The highest BCUT2D eigenvalue weighted by atomic mass is 16.6. The average molecular weight is 1130 g/mol. The Balaban J connectivity index is 4.21. The zero-order valence-corrected chi connectivity index (χ0v) is 53.8. The number of rotatable bonds is 64. The molecule has 0 saturated heterocycles. The van der Waals surface area contributed by atoms with E-state index in [2.05, 4.69) is 106 Å². The van der Waals surface area contributed by atoms with Crippen molar-refractivity contribution in [3.8, 4) is 0 Å². The molecule has 6 heteroatoms. The number of ether oxygens (including phenoxy) is 3. The molecular formula is C75H132O6. The highest BCUT2D eigenvalue weighted by Gasteiger charge is 2.19. The first-order valence-corrected chi connectivity index (χ1v) is 35.1. The van der Waals surface area contributed by atoms with E-state index < -0.39 is 6.10 Å². The lowest BCUT2D eigenvalue weighted by Gasteiger charge is -2.18. The van der Waals surface area contributed by atoms with Gasteiger partial charge >= 0.3 is 17.9 Å². The molecule has 0 rings (SSSR count). The molecule has 0 aromatic heterocycles. The molecule has 1 atom stereocenters. The number of allylic oxidation sites excluding steroid dienone is 14. The summed E-state index contributed by atoms with van der Waals surface area (Å²) in [6.45, 7) is 6.54. The van der Waals surface area contributed by atoms with E-state index in [1.807, 2.05) is 0 Å². The fraction of sp³-hybridized carbons (Fsp3) is 0.773. The lowest BCUT2D eigenvalue weighted by molar-refractivity contribution is -0.167. The third-order valence-electron chi connectivity index (χ3n) is 15.4. The molecule has 0 radical (unpaired) electrons. The second-order valence-electron chi connectivity index (χ2n) is 23.4. The van der Waals surface area contributed by atoms with Crippen LogP contribution in [0.15, 0.2) is 85.1 Å². The smallest absolute Gasteiger partial charge is 0.306 e. The molecule has 0 aliphatic heterocycles. The fourth-order valence-corrected chi connectivity index (χ4v) is 10.2. The molecule has 0 N–H and O–H groups in total. The Morgan fingerprint density at radius 2 is 0.481 bits per heavy atom. The maximum Gasteiger partial charge on any atom is 0.306 e. The van der Waals surface area contributed by atoms with Crippen LogP contribution in [0.5, 0.6) is 0 Å². The van der Waals surface area contributed by atoms with Crippen LogP contribution >= 0.6 is 0 Å². The zero-order chi connectivity index (χ0) is 58.5. The third kappa shape index (κ3) is 67.3. The normalized spacial score (nSPS) is 12.6. The molecule has 0 aliphatic carbocycles. The third-order valence-corrected chi connectivity index (χ3v) is 15.4. The molecule has 81 heavy (non-hydrogen) atoms. The summed E-state index contributed by atoms with van der Waals surface area (Å²) in [6.07, 6.45) is 91.8. The summed E-state index contributed by atoms with van der Waals surface area (Å²) in [7, 11) is 0. The number of esters is 3. The SMILES string of the molecule is CC/C=C\C/C=C\C/C=C\C/C=C\CCCCCCCCCCCCCCCCCCCCC(=O)OCC(COC(=O)CCCCCCCCCCCCCCC)OC(=O)CCCCCCCC/C=C\C/C=C\C/C=C\CCCCC. The van der Waals surface area contributed by atoms with Crippen LogP contribution in [0.3, 0.4) is 0 Å². The minimum Gasteiger partial charge on any atom is -0.462 e. The minimum atomic E-state index is -0.781. The van der Waals surface area contributed by atoms with Crippen LogP contribution in [0, 0.1) is 0 Å². The Bertz CT molecular complexity index is 1530. The molecule has 0 saturated carbocycles. The molecule has 6 nitrogen and oxygen atoms in total. The van der Waals surface area contributed by atoms with Crippen LogP contribution in [0.25, 0.3) is 0 Å². The predicted molar refractivity (Wildman–Crippen MR) is 353 cm³/mol. The summed E-state index contributed by atoms with van der Waals surface area (Å²) in [4.78, 5) is 38.4. The Labute approximate surface area is 503 Å². The number of hydrogen-bond acceptors (Lipinski definition) is 6. The van der Waals surface area contributed by atoms with Gasteiger partial charge in [0.2, 0.25) is 0 Å². The Morgan fingerprint density at radius 3 is 0.778 bits per heavy atom. The van der Waals surface area contributed by atoms with Crippen LogP contribution in [-0.4, -0.2) is 37.2 Å². The molecule has 0 aromatic carbocycles. The Hall–Kier alpha value is -3.41. The lowest BCUT2D eigenvalue weighted by Crippen LogP contribution is -2.30. The molecule has 0 aromatic rings. The van der Waals surface area contributed by atoms with Gasteiger partial charge in [0, 0.05) is 19.3 Å². The van der Waals surface area contributed by atoms with Crippen molar-refractivity contribution in [2.75, 3.05) is 13.2 Å². The summed E-state index contributed by atoms with van der Waals surface area (Å²) in [5.74, 6) is -0.869. The van der Waals surface area contributed by atoms with E-state index in [0.29, 0.717) is 19.3 Å². The van der Waals surface area contributed by atoms with Gasteiger partial charge in [-0.1, -0.05) is 324 Å². The number of carbonyl (C=O) groups excluding carboxylic acids is 3. The number of hydrogen-bond donors (Lipinski definition) is 0. The van der Waals surface area contributed by atoms with Gasteiger partial charge in [-0.15, -0.1) is 0 Å². The zero-order valence-electron chi connectivity index (χ0n) is 53.8. The van der Waals surface area contributed by atoms with E-state index in [1.54, 1.807) is 0 Å². The van der Waals surface area contributed by atoms with Crippen LogP contribution in [0.4, 0.5) is 0 Å². The largest absolute Gasteiger partial charge is 0.462 e. The Kier molecular flexibility index (Phi) is 66.2. The first-order chi connectivity index (χ1) is 40.0. The summed E-state index contributed by atoms with van der Waals surface area (Å²) < 4.78 is 17.0. The van der Waals surface area contributed by atoms with Crippen molar-refractivity contribution < 1.29 is 28.6 Å². The van der Waals surface area contributed by atoms with Crippen LogP contribution in [-0.2, 0) is 28.6 Å². The maximum atomic E-state index is 12.9. The summed E-state index contributed by atoms with van der Waals surface area (Å²) >= 11 is 0. The standard InChI is InChI=1S/C75H132O6/c1-4-7-10-13-16-19-22-25-27-29-31-32-33-34-35-36-37-38-39-40-41-42-44-45-47-50-53-56-59-62-65-68-74(77)80-71-72(70-79-73(76)67-64-61-58-55-52-49-24-21-18-15-12-9-6-3)81-75(78)69-66-63-60-57-54-51-48-46-43-30-28-26-23-20-17-14-11-8-5-2/h7,10,16-17,19-20,25-28,31-32,43,46,72H,4-6,8-9,11-15,18,21-24,29-30,33-42,44-45,47-71H2,1-3H3/b10-7-,19-16-,20-17-,27-25-,28-26-,32-31-,46-43-. The van der Waals surface area contributed by atoms with Gasteiger partial charge in [0.15, 0.2) is 6.10 Å². The fourth-order valence-electron chi connectivity index (χ4n) is 10.2. The van der Waals surface area contributed by atoms with Crippen molar-refractivity contribution in [2.45, 2.75) is 361 Å². The van der Waals surface area contributed by atoms with Gasteiger partial charge in [-0.2, -0.15) is 0 Å². The highest BCUT2D eigenvalue weighted by molar-refractivity contribution is 5.71. The molecule has 0 bridgehead atoms. The second-order valence-corrected chi connectivity index (χ2v) is 23.4. The van der Waals surface area contributed by atoms with Gasteiger partial charge in [0.05, 0.1) is 0 Å². The molecule has 0 fully saturated rings. The van der Waals surface area contributed by atoms with E-state index >= 15 is 0 Å². The molecule has 1 unspecified atom stereocenters. The Morgan fingerprint density at radius 1 is 0.259 bits per heavy atom.